The Bertz CT molecular complexity index is 1230. The molecule has 4 aromatic rings. The van der Waals surface area contributed by atoms with E-state index in [2.05, 4.69) is 9.97 Å². The predicted octanol–water partition coefficient (Wildman–Crippen LogP) is 5.13. The molecule has 0 N–H and O–H groups in total. The van der Waals surface area contributed by atoms with E-state index in [0.29, 0.717) is 22.1 Å². The summed E-state index contributed by atoms with van der Waals surface area (Å²) in [5.41, 5.74) is 2.29. The number of methoxy groups -OCH3 is 1. The Morgan fingerprint density at radius 3 is 2.67 bits per heavy atom. The Kier molecular flexibility index (Phi) is 5.41. The average molecular weight is 425 g/mol. The summed E-state index contributed by atoms with van der Waals surface area (Å²) in [4.78, 5) is 23.6. The third-order valence-corrected chi connectivity index (χ3v) is 5.81. The van der Waals surface area contributed by atoms with Gasteiger partial charge >= 0.3 is 0 Å². The molecule has 0 unspecified atom stereocenters. The van der Waals surface area contributed by atoms with Crippen molar-refractivity contribution in [3.63, 3.8) is 0 Å². The molecule has 0 radical (unpaired) electrons. The lowest BCUT2D eigenvalue weighted by Gasteiger charge is -2.19. The van der Waals surface area contributed by atoms with Crippen LogP contribution in [0.15, 0.2) is 54.7 Å². The van der Waals surface area contributed by atoms with Crippen molar-refractivity contribution < 1.29 is 18.3 Å². The van der Waals surface area contributed by atoms with Crippen molar-refractivity contribution in [3.8, 4) is 5.75 Å². The van der Waals surface area contributed by atoms with Gasteiger partial charge in [0.2, 0.25) is 0 Å². The Balaban J connectivity index is 1.83. The van der Waals surface area contributed by atoms with E-state index in [-0.39, 0.29) is 12.1 Å². The summed E-state index contributed by atoms with van der Waals surface area (Å²) < 4.78 is 33.4. The van der Waals surface area contributed by atoms with E-state index < -0.39 is 17.5 Å². The molecule has 5 nitrogen and oxygen atoms in total. The third-order valence-electron chi connectivity index (χ3n) is 4.60. The first-order valence-corrected chi connectivity index (χ1v) is 9.90. The van der Waals surface area contributed by atoms with E-state index in [1.165, 1.54) is 22.3 Å². The zero-order chi connectivity index (χ0) is 21.3. The van der Waals surface area contributed by atoms with E-state index in [4.69, 9.17) is 4.74 Å². The number of anilines is 1. The molecule has 2 heterocycles. The van der Waals surface area contributed by atoms with Crippen molar-refractivity contribution in [2.45, 2.75) is 13.5 Å². The number of ether oxygens (including phenoxy) is 1. The standard InChI is InChI=1S/C22H17F2N3O2S/c1-13-6-9-18(29-2)19-20(13)30-22(26-19)27(12-15-5-3-4-10-25-15)21(28)14-7-8-16(23)17(24)11-14/h3-11H,12H2,1-2H3. The molecule has 30 heavy (non-hydrogen) atoms. The van der Waals surface area contributed by atoms with Crippen molar-refractivity contribution in [1.82, 2.24) is 9.97 Å². The number of aromatic nitrogens is 2. The van der Waals surface area contributed by atoms with Crippen molar-refractivity contribution >= 4 is 32.6 Å². The number of hydrogen-bond acceptors (Lipinski definition) is 5. The fourth-order valence-electron chi connectivity index (χ4n) is 3.04. The molecule has 0 saturated heterocycles. The molecule has 0 aliphatic heterocycles. The van der Waals surface area contributed by atoms with Crippen LogP contribution in [0.2, 0.25) is 0 Å². The van der Waals surface area contributed by atoms with E-state index in [0.717, 1.165) is 22.4 Å². The minimum absolute atomic E-state index is 0.0211. The number of rotatable bonds is 5. The molecule has 8 heteroatoms. The van der Waals surface area contributed by atoms with Crippen LogP contribution in [0.1, 0.15) is 21.6 Å². The van der Waals surface area contributed by atoms with Crippen LogP contribution in [0, 0.1) is 18.6 Å². The van der Waals surface area contributed by atoms with Gasteiger partial charge in [-0.1, -0.05) is 23.5 Å². The first-order valence-electron chi connectivity index (χ1n) is 9.09. The number of fused-ring (bicyclic) bond motifs is 1. The van der Waals surface area contributed by atoms with Crippen LogP contribution >= 0.6 is 11.3 Å². The summed E-state index contributed by atoms with van der Waals surface area (Å²) >= 11 is 1.33. The quantitative estimate of drug-likeness (QED) is 0.445. The predicted molar refractivity (Wildman–Crippen MR) is 112 cm³/mol. The number of pyridine rings is 1. The number of carbonyl (C=O) groups excluding carboxylic acids is 1. The first kappa shape index (κ1) is 19.9. The zero-order valence-electron chi connectivity index (χ0n) is 16.2. The Morgan fingerprint density at radius 1 is 1.13 bits per heavy atom. The van der Waals surface area contributed by atoms with Crippen LogP contribution in [0.5, 0.6) is 5.75 Å². The maximum absolute atomic E-state index is 13.8. The molecule has 1 amide bonds. The molecule has 0 aliphatic rings. The Labute approximate surface area is 175 Å². The number of thiazole rings is 1. The lowest BCUT2D eigenvalue weighted by atomic mass is 10.2. The number of nitrogens with zero attached hydrogens (tertiary/aromatic N) is 3. The lowest BCUT2D eigenvalue weighted by Crippen LogP contribution is -2.30. The zero-order valence-corrected chi connectivity index (χ0v) is 17.0. The Morgan fingerprint density at radius 2 is 1.97 bits per heavy atom. The van der Waals surface area contributed by atoms with Crippen molar-refractivity contribution in [2.24, 2.45) is 0 Å². The molecule has 0 aliphatic carbocycles. The molecule has 152 valence electrons. The Hall–Kier alpha value is -3.39. The minimum atomic E-state index is -1.08. The number of amides is 1. The van der Waals surface area contributed by atoms with Crippen LogP contribution in [0.3, 0.4) is 0 Å². The highest BCUT2D eigenvalue weighted by Gasteiger charge is 2.24. The van der Waals surface area contributed by atoms with Gasteiger partial charge in [-0.15, -0.1) is 0 Å². The van der Waals surface area contributed by atoms with Crippen molar-refractivity contribution in [2.75, 3.05) is 12.0 Å². The summed E-state index contributed by atoms with van der Waals surface area (Å²) in [7, 11) is 1.56. The van der Waals surface area contributed by atoms with E-state index >= 15 is 0 Å². The summed E-state index contributed by atoms with van der Waals surface area (Å²) in [6.45, 7) is 2.07. The maximum Gasteiger partial charge on any atom is 0.260 e. The van der Waals surface area contributed by atoms with Crippen molar-refractivity contribution in [1.29, 1.82) is 0 Å². The van der Waals surface area contributed by atoms with Crippen LogP contribution in [-0.2, 0) is 6.54 Å². The molecular weight excluding hydrogens is 408 g/mol. The lowest BCUT2D eigenvalue weighted by molar-refractivity contribution is 0.0984. The minimum Gasteiger partial charge on any atom is -0.494 e. The second-order valence-electron chi connectivity index (χ2n) is 6.60. The van der Waals surface area contributed by atoms with Crippen LogP contribution in [-0.4, -0.2) is 23.0 Å². The van der Waals surface area contributed by atoms with Crippen LogP contribution in [0.4, 0.5) is 13.9 Å². The fraction of sp³-hybridized carbons (Fsp3) is 0.136. The smallest absolute Gasteiger partial charge is 0.260 e. The van der Waals surface area contributed by atoms with Gasteiger partial charge in [0.25, 0.3) is 5.91 Å². The molecule has 4 rings (SSSR count). The SMILES string of the molecule is COc1ccc(C)c2sc(N(Cc3ccccn3)C(=O)c3ccc(F)c(F)c3)nc12. The van der Waals surface area contributed by atoms with Gasteiger partial charge in [-0.2, -0.15) is 0 Å². The molecule has 2 aromatic heterocycles. The third kappa shape index (κ3) is 3.73. The molecule has 0 fully saturated rings. The molecule has 2 aromatic carbocycles. The summed E-state index contributed by atoms with van der Waals surface area (Å²) in [5.74, 6) is -2.00. The molecule has 0 atom stereocenters. The summed E-state index contributed by atoms with van der Waals surface area (Å²) in [6, 6.07) is 12.2. The van der Waals surface area contributed by atoms with Crippen molar-refractivity contribution in [3.05, 3.63) is 83.2 Å². The van der Waals surface area contributed by atoms with E-state index in [1.807, 2.05) is 25.1 Å². The maximum atomic E-state index is 13.8. The average Bonchev–Trinajstić information content (AvgIpc) is 3.21. The van der Waals surface area contributed by atoms with Gasteiger partial charge in [-0.05, 0) is 48.9 Å². The van der Waals surface area contributed by atoms with E-state index in [9.17, 15) is 13.6 Å². The van der Waals surface area contributed by atoms with Gasteiger partial charge in [-0.3, -0.25) is 14.7 Å². The number of hydrogen-bond donors (Lipinski definition) is 0. The second-order valence-corrected chi connectivity index (χ2v) is 7.58. The van der Waals surface area contributed by atoms with Gasteiger partial charge in [0, 0.05) is 11.8 Å². The van der Waals surface area contributed by atoms with Gasteiger partial charge in [0.1, 0.15) is 11.3 Å². The highest BCUT2D eigenvalue weighted by Crippen LogP contribution is 2.37. The largest absolute Gasteiger partial charge is 0.494 e. The summed E-state index contributed by atoms with van der Waals surface area (Å²) in [5, 5.41) is 0.415. The van der Waals surface area contributed by atoms with E-state index in [1.54, 1.807) is 25.4 Å². The molecule has 0 bridgehead atoms. The highest BCUT2D eigenvalue weighted by molar-refractivity contribution is 7.22. The van der Waals surface area contributed by atoms with Gasteiger partial charge in [0.15, 0.2) is 16.8 Å². The number of benzene rings is 2. The number of carbonyl (C=O) groups is 1. The van der Waals surface area contributed by atoms with Gasteiger partial charge < -0.3 is 4.74 Å². The summed E-state index contributed by atoms with van der Waals surface area (Å²) in [6.07, 6.45) is 1.63. The first-order chi connectivity index (χ1) is 14.5. The normalized spacial score (nSPS) is 10.9. The highest BCUT2D eigenvalue weighted by atomic mass is 32.1. The van der Waals surface area contributed by atoms with Gasteiger partial charge in [-0.25, -0.2) is 13.8 Å². The fourth-order valence-corrected chi connectivity index (χ4v) is 4.09. The molecule has 0 saturated carbocycles. The van der Waals surface area contributed by atoms with Crippen LogP contribution in [0.25, 0.3) is 10.2 Å². The molecular formula is C22H17F2N3O2S. The topological polar surface area (TPSA) is 55.3 Å². The number of aryl methyl sites for hydroxylation is 1. The second kappa shape index (κ2) is 8.16. The number of halogens is 2. The molecule has 0 spiro atoms. The van der Waals surface area contributed by atoms with Crippen LogP contribution < -0.4 is 9.64 Å². The van der Waals surface area contributed by atoms with Gasteiger partial charge in [0.05, 0.1) is 24.0 Å². The monoisotopic (exact) mass is 425 g/mol.